The third-order valence-electron chi connectivity index (χ3n) is 7.14. The third kappa shape index (κ3) is 3.66. The van der Waals surface area contributed by atoms with E-state index in [9.17, 15) is 9.90 Å². The van der Waals surface area contributed by atoms with E-state index in [1.165, 1.54) is 11.1 Å². The predicted molar refractivity (Wildman–Crippen MR) is 130 cm³/mol. The minimum absolute atomic E-state index is 0.0143. The number of nitrogens with zero attached hydrogens (tertiary/aromatic N) is 3. The van der Waals surface area contributed by atoms with E-state index < -0.39 is 5.97 Å². The number of halogens is 2. The van der Waals surface area contributed by atoms with E-state index >= 15 is 0 Å². The van der Waals surface area contributed by atoms with Crippen LogP contribution in [0.4, 0.5) is 5.95 Å². The molecule has 0 saturated carbocycles. The Labute approximate surface area is 202 Å². The number of aromatic nitrogens is 2. The van der Waals surface area contributed by atoms with E-state index in [-0.39, 0.29) is 22.2 Å². The molecule has 33 heavy (non-hydrogen) atoms. The summed E-state index contributed by atoms with van der Waals surface area (Å²) in [5, 5.41) is 10.6. The van der Waals surface area contributed by atoms with E-state index in [1.807, 2.05) is 6.07 Å². The van der Waals surface area contributed by atoms with E-state index in [0.717, 1.165) is 32.4 Å². The van der Waals surface area contributed by atoms with Gasteiger partial charge in [0.25, 0.3) is 0 Å². The molecule has 1 aliphatic heterocycles. The topological polar surface area (TPSA) is 92.3 Å². The summed E-state index contributed by atoms with van der Waals surface area (Å²) in [4.78, 5) is 23.3. The fraction of sp³-hybridized carbons (Fsp3) is 0.320. The Kier molecular flexibility index (Phi) is 5.55. The number of aryl methyl sites for hydroxylation is 1. The quantitative estimate of drug-likeness (QED) is 0.525. The second-order valence-electron chi connectivity index (χ2n) is 8.94. The highest BCUT2D eigenvalue weighted by molar-refractivity contribution is 6.43. The lowest BCUT2D eigenvalue weighted by Gasteiger charge is -2.42. The Morgan fingerprint density at radius 3 is 2.55 bits per heavy atom. The molecule has 2 aliphatic rings. The summed E-state index contributed by atoms with van der Waals surface area (Å²) in [5.41, 5.74) is 10.7. The van der Waals surface area contributed by atoms with Gasteiger partial charge in [-0.25, -0.2) is 14.8 Å². The summed E-state index contributed by atoms with van der Waals surface area (Å²) < 4.78 is 0. The van der Waals surface area contributed by atoms with Crippen molar-refractivity contribution in [2.24, 2.45) is 11.1 Å². The summed E-state index contributed by atoms with van der Waals surface area (Å²) in [6.07, 6.45) is 2.77. The van der Waals surface area contributed by atoms with E-state index in [2.05, 4.69) is 33.1 Å². The molecule has 6 nitrogen and oxygen atoms in total. The molecule has 1 aromatic heterocycles. The molecule has 2 aromatic carbocycles. The maximum atomic E-state index is 12.1. The van der Waals surface area contributed by atoms with Crippen LogP contribution in [0.2, 0.25) is 10.0 Å². The SMILES string of the molecule is Cc1nc(N2CCC3(CC2)Cc2ccccc2[C@H]3N)nc(C(=O)O)c1-c1cccc(Cl)c1Cl. The zero-order chi connectivity index (χ0) is 23.3. The molecule has 0 bridgehead atoms. The van der Waals surface area contributed by atoms with Crippen molar-refractivity contribution in [1.29, 1.82) is 0 Å². The van der Waals surface area contributed by atoms with Crippen LogP contribution in [0, 0.1) is 12.3 Å². The molecule has 1 aliphatic carbocycles. The Bertz CT molecular complexity index is 1260. The first-order chi connectivity index (χ1) is 15.8. The van der Waals surface area contributed by atoms with Crippen LogP contribution >= 0.6 is 23.2 Å². The fourth-order valence-electron chi connectivity index (χ4n) is 5.33. The molecule has 2 heterocycles. The number of aromatic carboxylic acids is 1. The van der Waals surface area contributed by atoms with Gasteiger partial charge in [-0.1, -0.05) is 59.6 Å². The summed E-state index contributed by atoms with van der Waals surface area (Å²) >= 11 is 12.6. The van der Waals surface area contributed by atoms with Crippen molar-refractivity contribution in [3.05, 3.63) is 75.0 Å². The van der Waals surface area contributed by atoms with Crippen molar-refractivity contribution in [1.82, 2.24) is 9.97 Å². The molecule has 170 valence electrons. The van der Waals surface area contributed by atoms with Crippen LogP contribution in [0.15, 0.2) is 42.5 Å². The average Bonchev–Trinajstić information content (AvgIpc) is 3.07. The van der Waals surface area contributed by atoms with Crippen molar-refractivity contribution in [2.75, 3.05) is 18.0 Å². The average molecular weight is 483 g/mol. The molecule has 0 amide bonds. The molecule has 0 unspecified atom stereocenters. The summed E-state index contributed by atoms with van der Waals surface area (Å²) in [6.45, 7) is 3.22. The van der Waals surface area contributed by atoms with Gasteiger partial charge in [-0.3, -0.25) is 0 Å². The predicted octanol–water partition coefficient (Wildman–Crippen LogP) is 5.30. The van der Waals surface area contributed by atoms with Crippen molar-refractivity contribution in [3.8, 4) is 11.1 Å². The number of fused-ring (bicyclic) bond motifs is 1. The Morgan fingerprint density at radius 1 is 1.12 bits per heavy atom. The van der Waals surface area contributed by atoms with Crippen LogP contribution in [0.25, 0.3) is 11.1 Å². The van der Waals surface area contributed by atoms with Gasteiger partial charge >= 0.3 is 5.97 Å². The van der Waals surface area contributed by atoms with Crippen LogP contribution in [0.5, 0.6) is 0 Å². The maximum Gasteiger partial charge on any atom is 0.355 e. The second-order valence-corrected chi connectivity index (χ2v) is 9.73. The van der Waals surface area contributed by atoms with E-state index in [0.29, 0.717) is 27.8 Å². The Morgan fingerprint density at radius 2 is 1.85 bits per heavy atom. The Hall–Kier alpha value is -2.67. The second kappa shape index (κ2) is 8.28. The number of piperidine rings is 1. The molecule has 3 N–H and O–H groups in total. The minimum atomic E-state index is -1.13. The number of carboxylic acid groups (broad SMARTS) is 1. The van der Waals surface area contributed by atoms with Crippen LogP contribution in [0.3, 0.4) is 0 Å². The lowest BCUT2D eigenvalue weighted by molar-refractivity contribution is 0.0691. The molecular formula is C25H24Cl2N4O2. The normalized spacial score (nSPS) is 19.0. The minimum Gasteiger partial charge on any atom is -0.476 e. The van der Waals surface area contributed by atoms with Gasteiger partial charge in [0, 0.05) is 30.3 Å². The number of hydrogen-bond donors (Lipinski definition) is 2. The van der Waals surface area contributed by atoms with Gasteiger partial charge in [-0.2, -0.15) is 0 Å². The monoisotopic (exact) mass is 482 g/mol. The van der Waals surface area contributed by atoms with Crippen LogP contribution in [-0.2, 0) is 6.42 Å². The Balaban J connectivity index is 1.45. The van der Waals surface area contributed by atoms with Gasteiger partial charge in [-0.15, -0.1) is 0 Å². The molecular weight excluding hydrogens is 459 g/mol. The standard InChI is InChI=1S/C25H24Cl2N4O2/c1-14-19(17-7-4-8-18(26)20(17)27)21(23(32)33)30-24(29-14)31-11-9-25(10-12-31)13-15-5-2-3-6-16(15)22(25)28/h2-8,22H,9-13,28H2,1H3,(H,32,33)/t22-/m1/s1. The number of benzene rings is 2. The van der Waals surface area contributed by atoms with Crippen molar-refractivity contribution >= 4 is 35.1 Å². The van der Waals surface area contributed by atoms with Crippen LogP contribution in [-0.4, -0.2) is 34.1 Å². The smallest absolute Gasteiger partial charge is 0.355 e. The molecule has 1 atom stereocenters. The van der Waals surface area contributed by atoms with Crippen LogP contribution in [0.1, 0.15) is 46.2 Å². The molecule has 1 saturated heterocycles. The van der Waals surface area contributed by atoms with Gasteiger partial charge in [0.05, 0.1) is 15.7 Å². The first-order valence-corrected chi connectivity index (χ1v) is 11.7. The first-order valence-electron chi connectivity index (χ1n) is 11.0. The maximum absolute atomic E-state index is 12.1. The molecule has 8 heteroatoms. The zero-order valence-electron chi connectivity index (χ0n) is 18.2. The van der Waals surface area contributed by atoms with Crippen LogP contribution < -0.4 is 10.6 Å². The molecule has 3 aromatic rings. The lowest BCUT2D eigenvalue weighted by atomic mass is 9.73. The third-order valence-corrected chi connectivity index (χ3v) is 7.96. The summed E-state index contributed by atoms with van der Waals surface area (Å²) in [5.74, 6) is -0.708. The zero-order valence-corrected chi connectivity index (χ0v) is 19.7. The largest absolute Gasteiger partial charge is 0.476 e. The van der Waals surface area contributed by atoms with Gasteiger partial charge in [0.1, 0.15) is 0 Å². The number of carbonyl (C=O) groups is 1. The fourth-order valence-corrected chi connectivity index (χ4v) is 5.73. The van der Waals surface area contributed by atoms with Gasteiger partial charge < -0.3 is 15.7 Å². The van der Waals surface area contributed by atoms with E-state index in [4.69, 9.17) is 28.9 Å². The number of rotatable bonds is 3. The van der Waals surface area contributed by atoms with Gasteiger partial charge in [-0.05, 0) is 48.8 Å². The highest BCUT2D eigenvalue weighted by Crippen LogP contribution is 2.51. The van der Waals surface area contributed by atoms with Gasteiger partial charge in [0.2, 0.25) is 5.95 Å². The first kappa shape index (κ1) is 22.1. The van der Waals surface area contributed by atoms with Crippen molar-refractivity contribution in [3.63, 3.8) is 0 Å². The number of nitrogens with two attached hydrogens (primary N) is 1. The van der Waals surface area contributed by atoms with Crippen molar-refractivity contribution in [2.45, 2.75) is 32.2 Å². The molecule has 1 spiro atoms. The molecule has 5 rings (SSSR count). The molecule has 0 radical (unpaired) electrons. The number of carboxylic acids is 1. The highest BCUT2D eigenvalue weighted by Gasteiger charge is 2.46. The van der Waals surface area contributed by atoms with E-state index in [1.54, 1.807) is 25.1 Å². The lowest BCUT2D eigenvalue weighted by Crippen LogP contribution is -2.45. The molecule has 1 fully saturated rings. The van der Waals surface area contributed by atoms with Gasteiger partial charge in [0.15, 0.2) is 5.69 Å². The van der Waals surface area contributed by atoms with Crippen molar-refractivity contribution < 1.29 is 9.90 Å². The summed E-state index contributed by atoms with van der Waals surface area (Å²) in [7, 11) is 0. The highest BCUT2D eigenvalue weighted by atomic mass is 35.5. The summed E-state index contributed by atoms with van der Waals surface area (Å²) in [6, 6.07) is 13.6. The number of hydrogen-bond acceptors (Lipinski definition) is 5. The number of anilines is 1.